The number of allylic oxidation sites excluding steroid dienone is 1. The van der Waals surface area contributed by atoms with Crippen LogP contribution in [0.2, 0.25) is 0 Å². The van der Waals surface area contributed by atoms with Crippen LogP contribution in [0.4, 0.5) is 14.7 Å². The van der Waals surface area contributed by atoms with Gasteiger partial charge in [0, 0.05) is 13.5 Å². The van der Waals surface area contributed by atoms with E-state index in [9.17, 15) is 13.6 Å². The average molecular weight is 279 g/mol. The van der Waals surface area contributed by atoms with Crippen LogP contribution in [0.25, 0.3) is 11.0 Å². The van der Waals surface area contributed by atoms with Crippen LogP contribution in [-0.2, 0) is 11.8 Å². The zero-order valence-electron chi connectivity index (χ0n) is 11.1. The Kier molecular flexibility index (Phi) is 4.45. The standard InChI is InChI=1S/C14H15F2N3O/c1-19-11-7-3-2-6-10(11)17-14(19)18-13(20)9-5-4-8-12(15)16/h2-3,6-8H,4-5,9H2,1H3,(H,17,18,20). The minimum atomic E-state index is -1.71. The number of anilines is 1. The second-order valence-electron chi connectivity index (χ2n) is 4.42. The number of nitrogens with zero attached hydrogens (tertiary/aromatic N) is 2. The quantitative estimate of drug-likeness (QED) is 0.852. The summed E-state index contributed by atoms with van der Waals surface area (Å²) in [6.07, 6.45) is -0.124. The van der Waals surface area contributed by atoms with Crippen molar-refractivity contribution >= 4 is 22.9 Å². The zero-order chi connectivity index (χ0) is 14.5. The molecule has 0 atom stereocenters. The minimum absolute atomic E-state index is 0.187. The van der Waals surface area contributed by atoms with Crippen molar-refractivity contribution in [2.75, 3.05) is 5.32 Å². The Balaban J connectivity index is 1.96. The summed E-state index contributed by atoms with van der Waals surface area (Å²) in [5.41, 5.74) is 1.72. The Morgan fingerprint density at radius 2 is 2.15 bits per heavy atom. The van der Waals surface area contributed by atoms with Crippen molar-refractivity contribution in [1.29, 1.82) is 0 Å². The summed E-state index contributed by atoms with van der Waals surface area (Å²) < 4.78 is 25.4. The van der Waals surface area contributed by atoms with E-state index in [2.05, 4.69) is 10.3 Å². The highest BCUT2D eigenvalue weighted by molar-refractivity contribution is 5.91. The number of carbonyl (C=O) groups is 1. The van der Waals surface area contributed by atoms with Crippen LogP contribution < -0.4 is 5.32 Å². The molecule has 1 N–H and O–H groups in total. The molecule has 0 saturated carbocycles. The molecule has 0 bridgehead atoms. The van der Waals surface area contributed by atoms with E-state index in [1.54, 1.807) is 4.57 Å². The summed E-state index contributed by atoms with van der Waals surface area (Å²) in [5.74, 6) is 0.236. The molecular formula is C14H15F2N3O. The van der Waals surface area contributed by atoms with Crippen molar-refractivity contribution in [3.8, 4) is 0 Å². The van der Waals surface area contributed by atoms with Crippen molar-refractivity contribution < 1.29 is 13.6 Å². The molecule has 1 aromatic carbocycles. The summed E-state index contributed by atoms with van der Waals surface area (Å²) in [6.45, 7) is 0. The third-order valence-corrected chi connectivity index (χ3v) is 2.94. The van der Waals surface area contributed by atoms with Gasteiger partial charge in [0.25, 0.3) is 6.08 Å². The molecule has 2 aromatic rings. The highest BCUT2D eigenvalue weighted by atomic mass is 19.3. The van der Waals surface area contributed by atoms with Gasteiger partial charge in [-0.3, -0.25) is 10.1 Å². The number of benzene rings is 1. The maximum atomic E-state index is 11.8. The van der Waals surface area contributed by atoms with Gasteiger partial charge in [0.15, 0.2) is 0 Å². The maximum absolute atomic E-state index is 11.8. The van der Waals surface area contributed by atoms with Crippen molar-refractivity contribution in [2.24, 2.45) is 7.05 Å². The molecule has 0 aliphatic heterocycles. The number of hydrogen-bond donors (Lipinski definition) is 1. The minimum Gasteiger partial charge on any atom is -0.313 e. The lowest BCUT2D eigenvalue weighted by Crippen LogP contribution is -2.14. The highest BCUT2D eigenvalue weighted by Gasteiger charge is 2.09. The zero-order valence-corrected chi connectivity index (χ0v) is 11.1. The number of nitrogens with one attached hydrogen (secondary N) is 1. The molecule has 6 heteroatoms. The van der Waals surface area contributed by atoms with E-state index in [1.807, 2.05) is 31.3 Å². The first-order chi connectivity index (χ1) is 9.58. The Morgan fingerprint density at radius 1 is 1.40 bits per heavy atom. The number of imidazole rings is 1. The van der Waals surface area contributed by atoms with Gasteiger partial charge in [0.1, 0.15) is 0 Å². The van der Waals surface area contributed by atoms with Gasteiger partial charge in [-0.05, 0) is 31.1 Å². The molecule has 4 nitrogen and oxygen atoms in total. The smallest absolute Gasteiger partial charge is 0.266 e. The molecule has 0 aliphatic carbocycles. The van der Waals surface area contributed by atoms with Gasteiger partial charge in [0.05, 0.1) is 11.0 Å². The Bertz CT molecular complexity index is 645. The lowest BCUT2D eigenvalue weighted by Gasteiger charge is -2.04. The average Bonchev–Trinajstić information content (AvgIpc) is 2.72. The van der Waals surface area contributed by atoms with Gasteiger partial charge in [-0.15, -0.1) is 0 Å². The predicted octanol–water partition coefficient (Wildman–Crippen LogP) is 3.46. The monoisotopic (exact) mass is 279 g/mol. The van der Waals surface area contributed by atoms with Crippen molar-refractivity contribution in [2.45, 2.75) is 19.3 Å². The van der Waals surface area contributed by atoms with Gasteiger partial charge in [-0.1, -0.05) is 12.1 Å². The Hall–Kier alpha value is -2.24. The number of para-hydroxylation sites is 2. The molecule has 1 heterocycles. The topological polar surface area (TPSA) is 46.9 Å². The van der Waals surface area contributed by atoms with E-state index in [0.717, 1.165) is 17.1 Å². The number of unbranched alkanes of at least 4 members (excludes halogenated alkanes) is 1. The van der Waals surface area contributed by atoms with Crippen LogP contribution in [0.15, 0.2) is 36.4 Å². The number of fused-ring (bicyclic) bond motifs is 1. The number of aromatic nitrogens is 2. The molecule has 106 valence electrons. The largest absolute Gasteiger partial charge is 0.313 e. The first-order valence-corrected chi connectivity index (χ1v) is 6.30. The van der Waals surface area contributed by atoms with E-state index in [-0.39, 0.29) is 18.7 Å². The summed E-state index contributed by atoms with van der Waals surface area (Å²) >= 11 is 0. The maximum Gasteiger partial charge on any atom is 0.266 e. The van der Waals surface area contributed by atoms with Gasteiger partial charge in [-0.2, -0.15) is 8.78 Å². The van der Waals surface area contributed by atoms with Gasteiger partial charge in [-0.25, -0.2) is 4.98 Å². The molecule has 2 rings (SSSR count). The van der Waals surface area contributed by atoms with E-state index in [4.69, 9.17) is 0 Å². The second-order valence-corrected chi connectivity index (χ2v) is 4.42. The summed E-state index contributed by atoms with van der Waals surface area (Å²) in [7, 11) is 1.81. The third-order valence-electron chi connectivity index (χ3n) is 2.94. The Labute approximate surface area is 115 Å². The SMILES string of the molecule is Cn1c(NC(=O)CCCC=C(F)F)nc2ccccc21. The Morgan fingerprint density at radius 3 is 2.85 bits per heavy atom. The lowest BCUT2D eigenvalue weighted by atomic mass is 10.2. The number of aryl methyl sites for hydroxylation is 1. The van der Waals surface area contributed by atoms with Crippen LogP contribution in [0.3, 0.4) is 0 Å². The molecule has 0 spiro atoms. The fraction of sp³-hybridized carbons (Fsp3) is 0.286. The number of amides is 1. The van der Waals surface area contributed by atoms with Gasteiger partial charge in [0.2, 0.25) is 11.9 Å². The molecule has 0 radical (unpaired) electrons. The van der Waals surface area contributed by atoms with Crippen molar-refractivity contribution in [3.63, 3.8) is 0 Å². The van der Waals surface area contributed by atoms with Crippen molar-refractivity contribution in [1.82, 2.24) is 9.55 Å². The second kappa shape index (κ2) is 6.27. The first-order valence-electron chi connectivity index (χ1n) is 6.30. The number of rotatable bonds is 5. The fourth-order valence-corrected chi connectivity index (χ4v) is 1.92. The van der Waals surface area contributed by atoms with Gasteiger partial charge >= 0.3 is 0 Å². The van der Waals surface area contributed by atoms with E-state index < -0.39 is 6.08 Å². The molecule has 0 fully saturated rings. The normalized spacial score (nSPS) is 10.6. The third kappa shape index (κ3) is 3.40. The van der Waals surface area contributed by atoms with Crippen LogP contribution in [0.1, 0.15) is 19.3 Å². The summed E-state index contributed by atoms with van der Waals surface area (Å²) in [5, 5.41) is 2.69. The summed E-state index contributed by atoms with van der Waals surface area (Å²) in [4.78, 5) is 16.0. The van der Waals surface area contributed by atoms with Gasteiger partial charge < -0.3 is 4.57 Å². The number of hydrogen-bond acceptors (Lipinski definition) is 2. The predicted molar refractivity (Wildman–Crippen MR) is 73.5 cm³/mol. The van der Waals surface area contributed by atoms with Crippen LogP contribution >= 0.6 is 0 Å². The van der Waals surface area contributed by atoms with Crippen molar-refractivity contribution in [3.05, 3.63) is 36.4 Å². The number of carbonyl (C=O) groups excluding carboxylic acids is 1. The number of halogens is 2. The van der Waals surface area contributed by atoms with Crippen LogP contribution in [-0.4, -0.2) is 15.5 Å². The molecule has 20 heavy (non-hydrogen) atoms. The molecule has 0 unspecified atom stereocenters. The van der Waals surface area contributed by atoms with Crippen LogP contribution in [0.5, 0.6) is 0 Å². The van der Waals surface area contributed by atoms with Crippen LogP contribution in [0, 0.1) is 0 Å². The van der Waals surface area contributed by atoms with E-state index in [1.165, 1.54) is 0 Å². The molecule has 0 saturated heterocycles. The fourth-order valence-electron chi connectivity index (χ4n) is 1.92. The molecule has 1 amide bonds. The highest BCUT2D eigenvalue weighted by Crippen LogP contribution is 2.17. The first kappa shape index (κ1) is 14.2. The van der Waals surface area contributed by atoms with E-state index >= 15 is 0 Å². The molecule has 1 aromatic heterocycles. The molecule has 0 aliphatic rings. The van der Waals surface area contributed by atoms with E-state index in [0.29, 0.717) is 12.4 Å². The molecular weight excluding hydrogens is 264 g/mol. The summed E-state index contributed by atoms with van der Waals surface area (Å²) in [6, 6.07) is 7.54. The lowest BCUT2D eigenvalue weighted by molar-refractivity contribution is -0.116.